The summed E-state index contributed by atoms with van der Waals surface area (Å²) < 4.78 is 5.49. The Morgan fingerprint density at radius 1 is 1.14 bits per heavy atom. The van der Waals surface area contributed by atoms with Crippen molar-refractivity contribution in [3.8, 4) is 5.88 Å². The number of hydrogen-bond donors (Lipinski definition) is 2. The van der Waals surface area contributed by atoms with E-state index >= 15 is 0 Å². The lowest BCUT2D eigenvalue weighted by molar-refractivity contribution is -0.126. The molecule has 0 atom stereocenters. The van der Waals surface area contributed by atoms with Crippen LogP contribution in [0.1, 0.15) is 25.3 Å². The number of nitrogens with one attached hydrogen (secondary N) is 2. The van der Waals surface area contributed by atoms with E-state index in [0.29, 0.717) is 45.0 Å². The molecule has 1 aromatic carbocycles. The third-order valence-electron chi connectivity index (χ3n) is 4.76. The largest absolute Gasteiger partial charge is 0.478 e. The highest BCUT2D eigenvalue weighted by Crippen LogP contribution is 2.20. The number of pyridine rings is 1. The maximum absolute atomic E-state index is 12.5. The first kappa shape index (κ1) is 19.7. The molecule has 2 aromatic rings. The third kappa shape index (κ3) is 5.22. The molecule has 28 heavy (non-hydrogen) atoms. The third-order valence-corrected chi connectivity index (χ3v) is 4.76. The molecule has 3 amide bonds. The minimum Gasteiger partial charge on any atom is -0.478 e. The van der Waals surface area contributed by atoms with Crippen molar-refractivity contribution in [1.29, 1.82) is 0 Å². The van der Waals surface area contributed by atoms with Gasteiger partial charge in [-0.2, -0.15) is 0 Å². The number of rotatable bonds is 6. The van der Waals surface area contributed by atoms with Gasteiger partial charge >= 0.3 is 6.03 Å². The van der Waals surface area contributed by atoms with Crippen LogP contribution in [0.4, 0.5) is 10.5 Å². The topological polar surface area (TPSA) is 83.6 Å². The molecule has 2 N–H and O–H groups in total. The Labute approximate surface area is 165 Å². The van der Waals surface area contributed by atoms with Gasteiger partial charge < -0.3 is 20.3 Å². The molecule has 0 aliphatic carbocycles. The van der Waals surface area contributed by atoms with Crippen LogP contribution in [0.25, 0.3) is 0 Å². The highest BCUT2D eigenvalue weighted by molar-refractivity contribution is 5.89. The first-order chi connectivity index (χ1) is 13.7. The number of benzene rings is 1. The number of hydrogen-bond acceptors (Lipinski definition) is 4. The molecule has 0 bridgehead atoms. The second-order valence-corrected chi connectivity index (χ2v) is 6.68. The molecule has 1 fully saturated rings. The molecule has 1 aromatic heterocycles. The van der Waals surface area contributed by atoms with Crippen LogP contribution in [0.5, 0.6) is 5.88 Å². The molecule has 148 valence electrons. The van der Waals surface area contributed by atoms with Crippen LogP contribution in [-0.2, 0) is 11.3 Å². The lowest BCUT2D eigenvalue weighted by Crippen LogP contribution is -2.44. The molecule has 0 radical (unpaired) electrons. The molecule has 0 unspecified atom stereocenters. The van der Waals surface area contributed by atoms with Crippen LogP contribution in [0.15, 0.2) is 48.7 Å². The number of piperidine rings is 1. The van der Waals surface area contributed by atoms with E-state index in [1.807, 2.05) is 49.4 Å². The maximum atomic E-state index is 12.5. The van der Waals surface area contributed by atoms with Gasteiger partial charge in [-0.25, -0.2) is 9.78 Å². The van der Waals surface area contributed by atoms with Gasteiger partial charge in [0.1, 0.15) is 0 Å². The van der Waals surface area contributed by atoms with Crippen LogP contribution in [-0.4, -0.2) is 41.5 Å². The molecule has 7 heteroatoms. The predicted octanol–water partition coefficient (Wildman–Crippen LogP) is 3.04. The average molecular weight is 382 g/mol. The fourth-order valence-corrected chi connectivity index (χ4v) is 3.22. The van der Waals surface area contributed by atoms with Crippen molar-refractivity contribution in [2.24, 2.45) is 5.92 Å². The second kappa shape index (κ2) is 9.73. The summed E-state index contributed by atoms with van der Waals surface area (Å²) in [5.74, 6) is 0.472. The summed E-state index contributed by atoms with van der Waals surface area (Å²) in [6.45, 7) is 3.94. The number of nitrogens with zero attached hydrogens (tertiary/aromatic N) is 2. The van der Waals surface area contributed by atoms with E-state index in [-0.39, 0.29) is 17.9 Å². The zero-order valence-corrected chi connectivity index (χ0v) is 16.1. The summed E-state index contributed by atoms with van der Waals surface area (Å²) in [7, 11) is 0. The maximum Gasteiger partial charge on any atom is 0.321 e. The summed E-state index contributed by atoms with van der Waals surface area (Å²) in [6, 6.07) is 13.0. The van der Waals surface area contributed by atoms with Gasteiger partial charge in [-0.05, 0) is 38.0 Å². The van der Waals surface area contributed by atoms with Gasteiger partial charge in [0.05, 0.1) is 6.61 Å². The van der Waals surface area contributed by atoms with E-state index in [2.05, 4.69) is 15.6 Å². The van der Waals surface area contributed by atoms with Crippen LogP contribution in [0.3, 0.4) is 0 Å². The standard InChI is InChI=1S/C21H26N4O3/c1-2-28-20-17(7-6-12-22-20)15-23-19(26)16-10-13-25(14-11-16)21(27)24-18-8-4-3-5-9-18/h3-9,12,16H,2,10-11,13-15H2,1H3,(H,23,26)(H,24,27). The Morgan fingerprint density at radius 2 is 1.89 bits per heavy atom. The second-order valence-electron chi connectivity index (χ2n) is 6.68. The minimum atomic E-state index is -0.123. The Bertz CT molecular complexity index is 789. The normalized spacial score (nSPS) is 14.4. The molecule has 1 aliphatic heterocycles. The summed E-state index contributed by atoms with van der Waals surface area (Å²) >= 11 is 0. The zero-order chi connectivity index (χ0) is 19.8. The van der Waals surface area contributed by atoms with Crippen LogP contribution in [0, 0.1) is 5.92 Å². The Balaban J connectivity index is 1.45. The van der Waals surface area contributed by atoms with Gasteiger partial charge in [0.15, 0.2) is 0 Å². The summed E-state index contributed by atoms with van der Waals surface area (Å²) in [5, 5.41) is 5.86. The molecular weight excluding hydrogens is 356 g/mol. The molecule has 0 spiro atoms. The highest BCUT2D eigenvalue weighted by atomic mass is 16.5. The van der Waals surface area contributed by atoms with Crippen molar-refractivity contribution in [3.05, 3.63) is 54.2 Å². The Hall–Kier alpha value is -3.09. The fraction of sp³-hybridized carbons (Fsp3) is 0.381. The number of para-hydroxylation sites is 1. The molecule has 2 heterocycles. The average Bonchev–Trinajstić information content (AvgIpc) is 2.74. The molecule has 0 saturated carbocycles. The van der Waals surface area contributed by atoms with E-state index in [4.69, 9.17) is 4.74 Å². The molecule has 1 saturated heterocycles. The van der Waals surface area contributed by atoms with E-state index in [1.54, 1.807) is 11.1 Å². The van der Waals surface area contributed by atoms with E-state index in [1.165, 1.54) is 0 Å². The van der Waals surface area contributed by atoms with Gasteiger partial charge in [-0.15, -0.1) is 0 Å². The van der Waals surface area contributed by atoms with Gasteiger partial charge in [0.25, 0.3) is 0 Å². The van der Waals surface area contributed by atoms with Crippen molar-refractivity contribution in [2.75, 3.05) is 25.0 Å². The first-order valence-electron chi connectivity index (χ1n) is 9.62. The molecule has 3 rings (SSSR count). The van der Waals surface area contributed by atoms with Crippen LogP contribution >= 0.6 is 0 Å². The lowest BCUT2D eigenvalue weighted by Gasteiger charge is -2.31. The highest BCUT2D eigenvalue weighted by Gasteiger charge is 2.27. The monoisotopic (exact) mass is 382 g/mol. The Kier molecular flexibility index (Phi) is 6.84. The lowest BCUT2D eigenvalue weighted by atomic mass is 9.96. The van der Waals surface area contributed by atoms with Crippen molar-refractivity contribution in [3.63, 3.8) is 0 Å². The minimum absolute atomic E-state index is 0.00872. The number of ether oxygens (including phenoxy) is 1. The van der Waals surface area contributed by atoms with Crippen LogP contribution in [0.2, 0.25) is 0 Å². The first-order valence-corrected chi connectivity index (χ1v) is 9.62. The van der Waals surface area contributed by atoms with E-state index in [9.17, 15) is 9.59 Å². The van der Waals surface area contributed by atoms with E-state index in [0.717, 1.165) is 11.3 Å². The number of carbonyl (C=O) groups is 2. The van der Waals surface area contributed by atoms with Crippen molar-refractivity contribution in [1.82, 2.24) is 15.2 Å². The SMILES string of the molecule is CCOc1ncccc1CNC(=O)C1CCN(C(=O)Nc2ccccc2)CC1. The summed E-state index contributed by atoms with van der Waals surface area (Å²) in [6.07, 6.45) is 2.98. The number of carbonyl (C=O) groups excluding carboxylic acids is 2. The van der Waals surface area contributed by atoms with Gasteiger partial charge in [0.2, 0.25) is 11.8 Å². The smallest absolute Gasteiger partial charge is 0.321 e. The summed E-state index contributed by atoms with van der Waals surface area (Å²) in [4.78, 5) is 30.8. The zero-order valence-electron chi connectivity index (χ0n) is 16.1. The number of likely N-dealkylation sites (tertiary alicyclic amines) is 1. The summed E-state index contributed by atoms with van der Waals surface area (Å²) in [5.41, 5.74) is 1.63. The van der Waals surface area contributed by atoms with Crippen molar-refractivity contribution >= 4 is 17.6 Å². The van der Waals surface area contributed by atoms with Crippen molar-refractivity contribution < 1.29 is 14.3 Å². The van der Waals surface area contributed by atoms with Gasteiger partial charge in [0, 0.05) is 43.0 Å². The number of aromatic nitrogens is 1. The Morgan fingerprint density at radius 3 is 2.61 bits per heavy atom. The molecular formula is C21H26N4O3. The predicted molar refractivity (Wildman–Crippen MR) is 107 cm³/mol. The molecule has 1 aliphatic rings. The number of amides is 3. The van der Waals surface area contributed by atoms with Gasteiger partial charge in [-0.3, -0.25) is 4.79 Å². The van der Waals surface area contributed by atoms with E-state index < -0.39 is 0 Å². The molecule has 7 nitrogen and oxygen atoms in total. The fourth-order valence-electron chi connectivity index (χ4n) is 3.22. The van der Waals surface area contributed by atoms with Crippen LogP contribution < -0.4 is 15.4 Å². The number of anilines is 1. The quantitative estimate of drug-likeness (QED) is 0.804. The van der Waals surface area contributed by atoms with Crippen molar-refractivity contribution in [2.45, 2.75) is 26.3 Å². The van der Waals surface area contributed by atoms with Gasteiger partial charge in [-0.1, -0.05) is 24.3 Å². The number of urea groups is 1.